The summed E-state index contributed by atoms with van der Waals surface area (Å²) in [5.74, 6) is -0.404. The summed E-state index contributed by atoms with van der Waals surface area (Å²) in [6.07, 6.45) is 54.0. The molecule has 0 aromatic rings. The van der Waals surface area contributed by atoms with Crippen LogP contribution >= 0.6 is 7.82 Å². The third kappa shape index (κ3) is 43.2. The van der Waals surface area contributed by atoms with Crippen molar-refractivity contribution in [2.75, 3.05) is 33.0 Å². The van der Waals surface area contributed by atoms with Gasteiger partial charge < -0.3 is 24.6 Å². The number of carbonyl (C=O) groups is 1. The number of ether oxygens (including phenoxy) is 2. The first-order valence-corrected chi connectivity index (χ1v) is 24.1. The minimum atomic E-state index is -4.53. The lowest BCUT2D eigenvalue weighted by atomic mass is 10.1. The molecule has 0 fully saturated rings. The van der Waals surface area contributed by atoms with Crippen LogP contribution in [0.15, 0.2) is 85.1 Å². The van der Waals surface area contributed by atoms with Gasteiger partial charge in [0.05, 0.1) is 26.4 Å². The number of esters is 1. The topological polar surface area (TPSA) is 132 Å². The second kappa shape index (κ2) is 44.2. The number of phosphoric acid groups is 1. The van der Waals surface area contributed by atoms with Crippen molar-refractivity contribution in [2.24, 2.45) is 0 Å². The predicted molar refractivity (Wildman–Crippen MR) is 242 cm³/mol. The summed E-state index contributed by atoms with van der Waals surface area (Å²) in [5, 5.41) is 18.4. The molecular formula is C48H83O9P. The van der Waals surface area contributed by atoms with Crippen molar-refractivity contribution in [3.05, 3.63) is 85.1 Å². The van der Waals surface area contributed by atoms with Gasteiger partial charge in [-0.1, -0.05) is 163 Å². The van der Waals surface area contributed by atoms with Gasteiger partial charge in [-0.15, -0.1) is 0 Å². The Kier molecular flexibility index (Phi) is 42.4. The minimum Gasteiger partial charge on any atom is -0.457 e. The van der Waals surface area contributed by atoms with Crippen LogP contribution < -0.4 is 0 Å². The van der Waals surface area contributed by atoms with Crippen molar-refractivity contribution in [2.45, 2.75) is 180 Å². The van der Waals surface area contributed by atoms with E-state index < -0.39 is 45.8 Å². The van der Waals surface area contributed by atoms with Crippen LogP contribution in [0.5, 0.6) is 0 Å². The highest BCUT2D eigenvalue weighted by molar-refractivity contribution is 7.47. The van der Waals surface area contributed by atoms with Gasteiger partial charge in [-0.3, -0.25) is 13.8 Å². The molecule has 0 rings (SSSR count). The normalized spacial score (nSPS) is 14.8. The summed E-state index contributed by atoms with van der Waals surface area (Å²) in [6.45, 7) is 3.28. The molecule has 3 atom stereocenters. The maximum absolute atomic E-state index is 12.6. The fraction of sp³-hybridized carbons (Fsp3) is 0.688. The molecule has 10 heteroatoms. The number of allylic oxidation sites excluding steroid dienone is 14. The van der Waals surface area contributed by atoms with Gasteiger partial charge in [0.25, 0.3) is 0 Å². The van der Waals surface area contributed by atoms with E-state index in [0.717, 1.165) is 103 Å². The molecule has 0 aromatic carbocycles. The van der Waals surface area contributed by atoms with E-state index in [0.29, 0.717) is 13.0 Å². The Balaban J connectivity index is 4.15. The lowest BCUT2D eigenvalue weighted by Gasteiger charge is -2.20. The van der Waals surface area contributed by atoms with Crippen LogP contribution in [-0.2, 0) is 27.9 Å². The molecular weight excluding hydrogens is 751 g/mol. The highest BCUT2D eigenvalue weighted by Crippen LogP contribution is 2.43. The van der Waals surface area contributed by atoms with Crippen LogP contribution in [-0.4, -0.2) is 66.3 Å². The van der Waals surface area contributed by atoms with E-state index in [2.05, 4.69) is 98.9 Å². The molecule has 9 nitrogen and oxygen atoms in total. The number of aliphatic hydroxyl groups excluding tert-OH is 2. The number of phosphoric ester groups is 1. The zero-order chi connectivity index (χ0) is 42.5. The molecule has 0 aliphatic rings. The summed E-state index contributed by atoms with van der Waals surface area (Å²) in [5.41, 5.74) is 0. The average molecular weight is 835 g/mol. The van der Waals surface area contributed by atoms with Crippen LogP contribution in [0.3, 0.4) is 0 Å². The van der Waals surface area contributed by atoms with Gasteiger partial charge in [0.2, 0.25) is 0 Å². The molecule has 0 aliphatic heterocycles. The van der Waals surface area contributed by atoms with Crippen molar-refractivity contribution < 1.29 is 43.0 Å². The van der Waals surface area contributed by atoms with Crippen LogP contribution in [0.25, 0.3) is 0 Å². The van der Waals surface area contributed by atoms with Crippen molar-refractivity contribution >= 4 is 13.8 Å². The Morgan fingerprint density at radius 3 is 1.48 bits per heavy atom. The number of aliphatic hydroxyl groups is 2. The first kappa shape index (κ1) is 55.6. The lowest BCUT2D eigenvalue weighted by molar-refractivity contribution is -0.154. The zero-order valence-corrected chi connectivity index (χ0v) is 37.4. The van der Waals surface area contributed by atoms with E-state index in [9.17, 15) is 19.4 Å². The van der Waals surface area contributed by atoms with Crippen molar-refractivity contribution in [3.63, 3.8) is 0 Å². The van der Waals surface area contributed by atoms with E-state index in [1.165, 1.54) is 38.5 Å². The molecule has 0 saturated carbocycles. The lowest BCUT2D eigenvalue weighted by Crippen LogP contribution is -2.29. The molecule has 0 aliphatic carbocycles. The highest BCUT2D eigenvalue weighted by Gasteiger charge is 2.26. The smallest absolute Gasteiger partial charge is 0.457 e. The summed E-state index contributed by atoms with van der Waals surface area (Å²) in [4.78, 5) is 22.6. The third-order valence-electron chi connectivity index (χ3n) is 9.05. The molecule has 0 aromatic heterocycles. The maximum atomic E-state index is 12.6. The monoisotopic (exact) mass is 835 g/mol. The maximum Gasteiger partial charge on any atom is 0.472 e. The number of unbranched alkanes of at least 4 members (excludes halogenated alkanes) is 14. The van der Waals surface area contributed by atoms with E-state index in [4.69, 9.17) is 23.6 Å². The first-order valence-electron chi connectivity index (χ1n) is 22.6. The van der Waals surface area contributed by atoms with Gasteiger partial charge in [-0.2, -0.15) is 0 Å². The molecule has 334 valence electrons. The molecule has 3 unspecified atom stereocenters. The molecule has 0 bridgehead atoms. The second-order valence-corrected chi connectivity index (χ2v) is 16.1. The molecule has 0 amide bonds. The summed E-state index contributed by atoms with van der Waals surface area (Å²) >= 11 is 0. The Morgan fingerprint density at radius 1 is 0.552 bits per heavy atom. The van der Waals surface area contributed by atoms with E-state index in [1.54, 1.807) is 0 Å². The zero-order valence-electron chi connectivity index (χ0n) is 36.5. The van der Waals surface area contributed by atoms with Gasteiger partial charge in [0.15, 0.2) is 0 Å². The van der Waals surface area contributed by atoms with Gasteiger partial charge in [-0.25, -0.2) is 4.57 Å². The van der Waals surface area contributed by atoms with E-state index >= 15 is 0 Å². The Morgan fingerprint density at radius 2 is 0.983 bits per heavy atom. The standard InChI is InChI=1S/C48H83O9P/c1-3-5-7-9-11-13-15-17-18-19-20-21-22-23-24-25-26-27-29-31-33-35-37-39-41-54-44-47(45-56-58(52,53)55-43-46(50)42-49)57-48(51)40-38-36-34-32-30-28-16-14-12-10-8-6-4-2/h5,7-8,10-11,13-14,16-18,20-21,23-24,46-47,49-50H,3-4,6,9,12,15,19,22,25-45H2,1-2H3,(H,52,53)/b7-5-,10-8-,13-11-,16-14-,18-17-,21-20-,24-23-. The summed E-state index contributed by atoms with van der Waals surface area (Å²) in [6, 6.07) is 0. The van der Waals surface area contributed by atoms with Gasteiger partial charge in [-0.05, 0) is 83.5 Å². The molecule has 0 spiro atoms. The van der Waals surface area contributed by atoms with Crippen LogP contribution in [0, 0.1) is 0 Å². The predicted octanol–water partition coefficient (Wildman–Crippen LogP) is 12.7. The average Bonchev–Trinajstić information content (AvgIpc) is 3.21. The Labute approximate surface area is 354 Å². The Hall–Kier alpha value is -2.36. The third-order valence-corrected chi connectivity index (χ3v) is 10.00. The molecule has 0 radical (unpaired) electrons. The fourth-order valence-corrected chi connectivity index (χ4v) is 6.44. The SMILES string of the molecule is CC/C=C\C/C=C\C/C=C\C/C=C\C/C=C\CCCCCCCCCCOCC(COP(=O)(O)OCC(O)CO)OC(=O)CCCCCCC/C=C\C/C=C\CCC. The van der Waals surface area contributed by atoms with Crippen LogP contribution in [0.2, 0.25) is 0 Å². The van der Waals surface area contributed by atoms with E-state index in [1.807, 2.05) is 0 Å². The fourth-order valence-electron chi connectivity index (χ4n) is 5.65. The summed E-state index contributed by atoms with van der Waals surface area (Å²) in [7, 11) is -4.53. The second-order valence-electron chi connectivity index (χ2n) is 14.7. The quantitative estimate of drug-likeness (QED) is 0.0238. The number of rotatable bonds is 42. The highest BCUT2D eigenvalue weighted by atomic mass is 31.2. The Bertz CT molecular complexity index is 1170. The van der Waals surface area contributed by atoms with Crippen LogP contribution in [0.1, 0.15) is 168 Å². The number of carbonyl (C=O) groups excluding carboxylic acids is 1. The van der Waals surface area contributed by atoms with Gasteiger partial charge in [0.1, 0.15) is 12.2 Å². The summed E-state index contributed by atoms with van der Waals surface area (Å²) < 4.78 is 33.4. The molecule has 0 saturated heterocycles. The minimum absolute atomic E-state index is 0.0325. The van der Waals surface area contributed by atoms with Crippen LogP contribution in [0.4, 0.5) is 0 Å². The van der Waals surface area contributed by atoms with Gasteiger partial charge in [0, 0.05) is 13.0 Å². The molecule has 3 N–H and O–H groups in total. The largest absolute Gasteiger partial charge is 0.472 e. The number of hydrogen-bond donors (Lipinski definition) is 3. The van der Waals surface area contributed by atoms with Crippen molar-refractivity contribution in [1.82, 2.24) is 0 Å². The van der Waals surface area contributed by atoms with Gasteiger partial charge >= 0.3 is 13.8 Å². The van der Waals surface area contributed by atoms with Crippen molar-refractivity contribution in [3.8, 4) is 0 Å². The first-order chi connectivity index (χ1) is 28.3. The number of hydrogen-bond acceptors (Lipinski definition) is 8. The van der Waals surface area contributed by atoms with E-state index in [-0.39, 0.29) is 13.0 Å². The van der Waals surface area contributed by atoms with Crippen molar-refractivity contribution in [1.29, 1.82) is 0 Å². The molecule has 58 heavy (non-hydrogen) atoms. The molecule has 0 heterocycles.